The molecule has 1 amide bonds. The summed E-state index contributed by atoms with van der Waals surface area (Å²) in [5.41, 5.74) is -1.15. The van der Waals surface area contributed by atoms with E-state index in [2.05, 4.69) is 5.32 Å². The quantitative estimate of drug-likeness (QED) is 0.765. The maximum Gasteiger partial charge on any atom is 0.416 e. The average molecular weight is 307 g/mol. The van der Waals surface area contributed by atoms with Crippen molar-refractivity contribution in [1.29, 1.82) is 0 Å². The fourth-order valence-corrected chi connectivity index (χ4v) is 1.66. The molecule has 0 bridgehead atoms. The van der Waals surface area contributed by atoms with Crippen LogP contribution in [0.1, 0.15) is 24.2 Å². The fraction of sp³-hybridized carbons (Fsp3) is 0.462. The van der Waals surface area contributed by atoms with Gasteiger partial charge < -0.3 is 20.3 Å². The number of benzene rings is 1. The first-order chi connectivity index (χ1) is 9.65. The number of amides is 1. The Morgan fingerprint density at radius 1 is 1.33 bits per heavy atom. The van der Waals surface area contributed by atoms with Crippen LogP contribution in [-0.4, -0.2) is 35.9 Å². The fourth-order valence-electron chi connectivity index (χ4n) is 1.66. The number of methoxy groups -OCH3 is 1. The van der Waals surface area contributed by atoms with Crippen molar-refractivity contribution >= 4 is 5.91 Å². The Morgan fingerprint density at radius 2 is 1.95 bits per heavy atom. The standard InChI is InChI=1S/C13H16F3NO4/c1-7(18)17-6-11(19)12(20)8-3-9(13(14,15)16)5-10(4-8)21-2/h3-5,11-12,19-20H,6H2,1-2H3,(H,17,18). The van der Waals surface area contributed by atoms with Gasteiger partial charge in [-0.05, 0) is 23.8 Å². The lowest BCUT2D eigenvalue weighted by molar-refractivity contribution is -0.137. The lowest BCUT2D eigenvalue weighted by Crippen LogP contribution is -2.34. The Balaban J connectivity index is 3.02. The van der Waals surface area contributed by atoms with E-state index in [1.807, 2.05) is 0 Å². The molecule has 0 aliphatic rings. The van der Waals surface area contributed by atoms with Crippen molar-refractivity contribution in [2.75, 3.05) is 13.7 Å². The zero-order valence-electron chi connectivity index (χ0n) is 11.4. The number of halogens is 3. The Morgan fingerprint density at radius 3 is 2.43 bits per heavy atom. The third kappa shape index (κ3) is 4.91. The number of carbonyl (C=O) groups is 1. The van der Waals surface area contributed by atoms with Gasteiger partial charge in [0.2, 0.25) is 5.91 Å². The van der Waals surface area contributed by atoms with Gasteiger partial charge in [-0.15, -0.1) is 0 Å². The van der Waals surface area contributed by atoms with Gasteiger partial charge in [0.05, 0.1) is 12.7 Å². The summed E-state index contributed by atoms with van der Waals surface area (Å²) >= 11 is 0. The van der Waals surface area contributed by atoms with E-state index >= 15 is 0 Å². The summed E-state index contributed by atoms with van der Waals surface area (Å²) in [6.45, 7) is 0.932. The van der Waals surface area contributed by atoms with Crippen LogP contribution in [0.4, 0.5) is 13.2 Å². The molecule has 0 aliphatic carbocycles. The Bertz CT molecular complexity index is 505. The molecule has 8 heteroatoms. The highest BCUT2D eigenvalue weighted by Crippen LogP contribution is 2.34. The summed E-state index contributed by atoms with van der Waals surface area (Å²) < 4.78 is 43.0. The molecule has 3 N–H and O–H groups in total. The Kier molecular flexibility index (Phi) is 5.56. The number of alkyl halides is 3. The van der Waals surface area contributed by atoms with E-state index in [0.29, 0.717) is 0 Å². The molecule has 1 aromatic carbocycles. The highest BCUT2D eigenvalue weighted by Gasteiger charge is 2.32. The van der Waals surface area contributed by atoms with Gasteiger partial charge in [-0.1, -0.05) is 0 Å². The molecule has 1 rings (SSSR count). The van der Waals surface area contributed by atoms with E-state index in [4.69, 9.17) is 4.74 Å². The van der Waals surface area contributed by atoms with Crippen molar-refractivity contribution in [3.8, 4) is 5.75 Å². The molecule has 1 aromatic rings. The largest absolute Gasteiger partial charge is 0.497 e. The molecule has 0 aliphatic heterocycles. The molecule has 5 nitrogen and oxygen atoms in total. The number of carbonyl (C=O) groups excluding carboxylic acids is 1. The molecular formula is C13H16F3NO4. The van der Waals surface area contributed by atoms with Crippen LogP contribution in [0.25, 0.3) is 0 Å². The van der Waals surface area contributed by atoms with Gasteiger partial charge in [0, 0.05) is 13.5 Å². The first-order valence-electron chi connectivity index (χ1n) is 6.02. The predicted molar refractivity (Wildman–Crippen MR) is 67.6 cm³/mol. The highest BCUT2D eigenvalue weighted by atomic mass is 19.4. The number of hydrogen-bond donors (Lipinski definition) is 3. The second-order valence-electron chi connectivity index (χ2n) is 4.44. The van der Waals surface area contributed by atoms with Crippen LogP contribution >= 0.6 is 0 Å². The van der Waals surface area contributed by atoms with Gasteiger partial charge >= 0.3 is 6.18 Å². The summed E-state index contributed by atoms with van der Waals surface area (Å²) in [7, 11) is 1.19. The second-order valence-corrected chi connectivity index (χ2v) is 4.44. The average Bonchev–Trinajstić information content (AvgIpc) is 2.42. The molecule has 2 unspecified atom stereocenters. The molecule has 118 valence electrons. The minimum atomic E-state index is -4.61. The van der Waals surface area contributed by atoms with Crippen LogP contribution in [0.15, 0.2) is 18.2 Å². The molecule has 21 heavy (non-hydrogen) atoms. The van der Waals surface area contributed by atoms with Gasteiger partial charge in [0.1, 0.15) is 18.0 Å². The van der Waals surface area contributed by atoms with E-state index < -0.39 is 29.9 Å². The molecule has 0 fully saturated rings. The minimum Gasteiger partial charge on any atom is -0.497 e. The van der Waals surface area contributed by atoms with Gasteiger partial charge in [-0.2, -0.15) is 13.2 Å². The lowest BCUT2D eigenvalue weighted by atomic mass is 10.0. The normalized spacial score (nSPS) is 14.4. The number of hydrogen-bond acceptors (Lipinski definition) is 4. The first-order valence-corrected chi connectivity index (χ1v) is 6.02. The third-order valence-corrected chi connectivity index (χ3v) is 2.76. The summed E-state index contributed by atoms with van der Waals surface area (Å²) in [5, 5.41) is 21.8. The summed E-state index contributed by atoms with van der Waals surface area (Å²) in [6.07, 6.45) is -7.64. The van der Waals surface area contributed by atoms with Gasteiger partial charge in [-0.3, -0.25) is 4.79 Å². The predicted octanol–water partition coefficient (Wildman–Crippen LogP) is 1.24. The highest BCUT2D eigenvalue weighted by molar-refractivity contribution is 5.72. The van der Waals surface area contributed by atoms with E-state index in [-0.39, 0.29) is 17.9 Å². The maximum atomic E-state index is 12.7. The number of rotatable bonds is 5. The van der Waals surface area contributed by atoms with Crippen LogP contribution in [0.2, 0.25) is 0 Å². The maximum absolute atomic E-state index is 12.7. The first kappa shape index (κ1) is 17.3. The molecule has 0 saturated heterocycles. The number of aliphatic hydroxyl groups excluding tert-OH is 2. The van der Waals surface area contributed by atoms with Crippen molar-refractivity contribution in [3.05, 3.63) is 29.3 Å². The molecule has 0 spiro atoms. The van der Waals surface area contributed by atoms with E-state index in [0.717, 1.165) is 12.1 Å². The van der Waals surface area contributed by atoms with E-state index in [1.54, 1.807) is 0 Å². The summed E-state index contributed by atoms with van der Waals surface area (Å²) in [6, 6.07) is 2.71. The summed E-state index contributed by atoms with van der Waals surface area (Å²) in [4.78, 5) is 10.7. The monoisotopic (exact) mass is 307 g/mol. The molecule has 2 atom stereocenters. The minimum absolute atomic E-state index is 0.0920. The van der Waals surface area contributed by atoms with E-state index in [9.17, 15) is 28.2 Å². The van der Waals surface area contributed by atoms with Crippen molar-refractivity contribution in [1.82, 2.24) is 5.32 Å². The molecule has 0 radical (unpaired) electrons. The van der Waals surface area contributed by atoms with Crippen LogP contribution in [-0.2, 0) is 11.0 Å². The number of nitrogens with one attached hydrogen (secondary N) is 1. The summed E-state index contributed by atoms with van der Waals surface area (Å²) in [5.74, 6) is -0.520. The SMILES string of the molecule is COc1cc(C(O)C(O)CNC(C)=O)cc(C(F)(F)F)c1. The van der Waals surface area contributed by atoms with E-state index in [1.165, 1.54) is 20.1 Å². The van der Waals surface area contributed by atoms with Gasteiger partial charge in [0.15, 0.2) is 0 Å². The topological polar surface area (TPSA) is 78.8 Å². The second kappa shape index (κ2) is 6.77. The zero-order valence-corrected chi connectivity index (χ0v) is 11.4. The van der Waals surface area contributed by atoms with Crippen LogP contribution in [0.3, 0.4) is 0 Å². The third-order valence-electron chi connectivity index (χ3n) is 2.76. The van der Waals surface area contributed by atoms with Crippen molar-refractivity contribution in [3.63, 3.8) is 0 Å². The van der Waals surface area contributed by atoms with Gasteiger partial charge in [-0.25, -0.2) is 0 Å². The van der Waals surface area contributed by atoms with Gasteiger partial charge in [0.25, 0.3) is 0 Å². The Hall–Kier alpha value is -1.80. The molecular weight excluding hydrogens is 291 g/mol. The number of aliphatic hydroxyl groups is 2. The number of ether oxygens (including phenoxy) is 1. The zero-order chi connectivity index (χ0) is 16.2. The smallest absolute Gasteiger partial charge is 0.416 e. The molecule has 0 saturated carbocycles. The van der Waals surface area contributed by atoms with Crippen LogP contribution in [0.5, 0.6) is 5.75 Å². The van der Waals surface area contributed by atoms with Crippen molar-refractivity contribution in [2.45, 2.75) is 25.3 Å². The molecule has 0 heterocycles. The van der Waals surface area contributed by atoms with Crippen LogP contribution < -0.4 is 10.1 Å². The molecule has 0 aromatic heterocycles. The lowest BCUT2D eigenvalue weighted by Gasteiger charge is -2.20. The van der Waals surface area contributed by atoms with Crippen molar-refractivity contribution in [2.24, 2.45) is 0 Å². The van der Waals surface area contributed by atoms with Crippen molar-refractivity contribution < 1.29 is 32.9 Å². The van der Waals surface area contributed by atoms with Crippen LogP contribution in [0, 0.1) is 0 Å². The Labute approximate surface area is 119 Å².